The molecule has 44 heavy (non-hydrogen) atoms. The first-order chi connectivity index (χ1) is 21.0. The van der Waals surface area contributed by atoms with Crippen LogP contribution in [0.15, 0.2) is 63.8 Å². The van der Waals surface area contributed by atoms with E-state index in [-0.39, 0.29) is 30.3 Å². The molecule has 2 unspecified atom stereocenters. The lowest BCUT2D eigenvalue weighted by Gasteiger charge is -2.41. The largest absolute Gasteiger partial charge is 0.467 e. The highest BCUT2D eigenvalue weighted by molar-refractivity contribution is 5.98. The third kappa shape index (κ3) is 7.07. The number of hydrogen-bond donors (Lipinski definition) is 2. The predicted octanol–water partition coefficient (Wildman–Crippen LogP) is 5.66. The summed E-state index contributed by atoms with van der Waals surface area (Å²) in [6.07, 6.45) is 2.54. The molecule has 0 bridgehead atoms. The third-order valence-corrected chi connectivity index (χ3v) is 7.47. The monoisotopic (exact) mass is 601 g/mol. The van der Waals surface area contributed by atoms with Gasteiger partial charge in [0.25, 0.3) is 5.91 Å². The summed E-state index contributed by atoms with van der Waals surface area (Å²) in [7, 11) is 0. The number of aromatic nitrogens is 4. The number of amides is 2. The van der Waals surface area contributed by atoms with E-state index in [1.807, 2.05) is 71.0 Å². The van der Waals surface area contributed by atoms with Crippen LogP contribution in [0.2, 0.25) is 0 Å². The summed E-state index contributed by atoms with van der Waals surface area (Å²) in [5.41, 5.74) is 0.735. The molecule has 2 amide bonds. The molecule has 1 aromatic carbocycles. The second kappa shape index (κ2) is 12.9. The molecule has 12 nitrogen and oxygen atoms in total. The molecule has 1 aliphatic rings. The maximum atomic E-state index is 14.4. The van der Waals surface area contributed by atoms with E-state index in [4.69, 9.17) is 13.8 Å². The summed E-state index contributed by atoms with van der Waals surface area (Å²) in [6, 6.07) is 12.6. The van der Waals surface area contributed by atoms with Crippen LogP contribution in [-0.2, 0) is 12.0 Å². The number of carboxylic acid groups (broad SMARTS) is 1. The van der Waals surface area contributed by atoms with Crippen LogP contribution in [0, 0.1) is 5.92 Å². The minimum atomic E-state index is -1.07. The van der Waals surface area contributed by atoms with Gasteiger partial charge in [0.2, 0.25) is 11.8 Å². The first-order valence-electron chi connectivity index (χ1n) is 14.8. The van der Waals surface area contributed by atoms with Gasteiger partial charge in [-0.25, -0.2) is 14.8 Å². The molecule has 4 heterocycles. The Morgan fingerprint density at radius 3 is 2.55 bits per heavy atom. The fourth-order valence-corrected chi connectivity index (χ4v) is 5.29. The topological polar surface area (TPSA) is 151 Å². The Hall–Kier alpha value is -4.74. The Labute approximate surface area is 256 Å². The molecular formula is C32H39N7O5. The van der Waals surface area contributed by atoms with E-state index in [2.05, 4.69) is 20.5 Å². The lowest BCUT2D eigenvalue weighted by molar-refractivity contribution is 0.0455. The van der Waals surface area contributed by atoms with Crippen LogP contribution in [0.1, 0.15) is 74.8 Å². The van der Waals surface area contributed by atoms with Gasteiger partial charge in [-0.1, -0.05) is 52.8 Å². The minimum Gasteiger partial charge on any atom is -0.467 e. The molecule has 5 rings (SSSR count). The van der Waals surface area contributed by atoms with E-state index in [0.717, 1.165) is 5.56 Å². The average molecular weight is 602 g/mol. The van der Waals surface area contributed by atoms with Crippen molar-refractivity contribution in [3.63, 3.8) is 0 Å². The third-order valence-electron chi connectivity index (χ3n) is 7.47. The lowest BCUT2D eigenvalue weighted by Crippen LogP contribution is -2.54. The zero-order valence-electron chi connectivity index (χ0n) is 25.7. The second-order valence-electron chi connectivity index (χ2n) is 12.6. The lowest BCUT2D eigenvalue weighted by atomic mass is 9.92. The predicted molar refractivity (Wildman–Crippen MR) is 163 cm³/mol. The van der Waals surface area contributed by atoms with E-state index in [1.54, 1.807) is 23.4 Å². The molecule has 3 aromatic heterocycles. The van der Waals surface area contributed by atoms with Gasteiger partial charge in [0, 0.05) is 36.8 Å². The van der Waals surface area contributed by atoms with Gasteiger partial charge in [-0.15, -0.1) is 10.2 Å². The van der Waals surface area contributed by atoms with Crippen molar-refractivity contribution >= 4 is 17.8 Å². The van der Waals surface area contributed by atoms with Crippen LogP contribution >= 0.6 is 0 Å². The van der Waals surface area contributed by atoms with Crippen LogP contribution in [0.4, 0.5) is 10.6 Å². The van der Waals surface area contributed by atoms with Crippen molar-refractivity contribution in [1.29, 1.82) is 0 Å². The highest BCUT2D eigenvalue weighted by Gasteiger charge is 2.39. The van der Waals surface area contributed by atoms with Crippen LogP contribution < -0.4 is 5.32 Å². The van der Waals surface area contributed by atoms with Crippen LogP contribution in [-0.4, -0.2) is 72.7 Å². The number of hydrogen-bond acceptors (Lipinski definition) is 9. The second-order valence-corrected chi connectivity index (χ2v) is 12.6. The molecule has 1 saturated heterocycles. The quantitative estimate of drug-likeness (QED) is 0.246. The van der Waals surface area contributed by atoms with Gasteiger partial charge in [-0.2, -0.15) is 0 Å². The van der Waals surface area contributed by atoms with E-state index in [0.29, 0.717) is 54.3 Å². The smallest absolute Gasteiger partial charge is 0.407 e. The number of rotatable bonds is 9. The summed E-state index contributed by atoms with van der Waals surface area (Å²) in [5.74, 6) is 1.82. The van der Waals surface area contributed by atoms with Crippen molar-refractivity contribution in [3.05, 3.63) is 78.0 Å². The Kier molecular flexibility index (Phi) is 8.98. The molecule has 4 aromatic rings. The van der Waals surface area contributed by atoms with E-state index in [1.165, 1.54) is 4.90 Å². The zero-order valence-corrected chi connectivity index (χ0v) is 25.7. The SMILES string of the molecule is CC(C)CN(C(=O)c1cnc(C(C)(C)C)nc1NCc1ccco1)C1CC(c2nnc(-c3ccccc3)o2)CN(C(=O)O)C1. The molecule has 2 atom stereocenters. The Morgan fingerprint density at radius 1 is 1.11 bits per heavy atom. The van der Waals surface area contributed by atoms with E-state index in [9.17, 15) is 14.7 Å². The number of likely N-dealkylation sites (tertiary alicyclic amines) is 1. The molecule has 1 fully saturated rings. The highest BCUT2D eigenvalue weighted by Crippen LogP contribution is 2.32. The summed E-state index contributed by atoms with van der Waals surface area (Å²) in [4.78, 5) is 39.1. The van der Waals surface area contributed by atoms with Crippen LogP contribution in [0.3, 0.4) is 0 Å². The van der Waals surface area contributed by atoms with E-state index >= 15 is 0 Å². The minimum absolute atomic E-state index is 0.111. The first-order valence-corrected chi connectivity index (χ1v) is 14.8. The van der Waals surface area contributed by atoms with Crippen molar-refractivity contribution in [2.75, 3.05) is 25.0 Å². The fourth-order valence-electron chi connectivity index (χ4n) is 5.29. The van der Waals surface area contributed by atoms with Crippen LogP contribution in [0.25, 0.3) is 11.5 Å². The van der Waals surface area contributed by atoms with Gasteiger partial charge in [0.05, 0.1) is 24.8 Å². The fraction of sp³-hybridized carbons (Fsp3) is 0.438. The molecule has 0 spiro atoms. The van der Waals surface area contributed by atoms with Crippen molar-refractivity contribution in [2.45, 2.75) is 65.0 Å². The molecule has 0 aliphatic carbocycles. The van der Waals surface area contributed by atoms with Crippen molar-refractivity contribution < 1.29 is 23.5 Å². The number of benzene rings is 1. The first kappa shape index (κ1) is 30.7. The maximum Gasteiger partial charge on any atom is 0.407 e. The number of anilines is 1. The number of carbonyl (C=O) groups excluding carboxylic acids is 1. The van der Waals surface area contributed by atoms with E-state index < -0.39 is 18.1 Å². The van der Waals surface area contributed by atoms with Crippen molar-refractivity contribution in [2.24, 2.45) is 5.92 Å². The highest BCUT2D eigenvalue weighted by atomic mass is 16.4. The van der Waals surface area contributed by atoms with Gasteiger partial charge in [-0.05, 0) is 36.6 Å². The maximum absolute atomic E-state index is 14.4. The molecule has 0 saturated carbocycles. The Morgan fingerprint density at radius 2 is 1.89 bits per heavy atom. The number of nitrogens with zero attached hydrogens (tertiary/aromatic N) is 6. The Bertz CT molecular complexity index is 1560. The summed E-state index contributed by atoms with van der Waals surface area (Å²) >= 11 is 0. The number of furan rings is 1. The van der Waals surface area contributed by atoms with Crippen molar-refractivity contribution in [3.8, 4) is 11.5 Å². The molecule has 2 N–H and O–H groups in total. The van der Waals surface area contributed by atoms with Gasteiger partial charge in [0.15, 0.2) is 0 Å². The molecule has 0 radical (unpaired) electrons. The average Bonchev–Trinajstić information content (AvgIpc) is 3.71. The van der Waals surface area contributed by atoms with Gasteiger partial charge in [0.1, 0.15) is 23.0 Å². The van der Waals surface area contributed by atoms with Gasteiger partial charge >= 0.3 is 6.09 Å². The number of carbonyl (C=O) groups is 2. The Balaban J connectivity index is 1.47. The zero-order chi connectivity index (χ0) is 31.4. The molecule has 232 valence electrons. The van der Waals surface area contributed by atoms with Gasteiger partial charge < -0.3 is 29.1 Å². The number of piperidine rings is 1. The standard InChI is InChI=1S/C32H39N7O5/c1-20(2)17-39(29(40)25-16-34-30(32(3,4)5)35-26(25)33-15-24-12-9-13-43-24)23-14-22(18-38(19-23)31(41)42)28-37-36-27(44-28)21-10-7-6-8-11-21/h6-13,16,20,22-23H,14-15,17-19H2,1-5H3,(H,41,42)(H,33,34,35). The van der Waals surface area contributed by atoms with Crippen molar-refractivity contribution in [1.82, 2.24) is 30.0 Å². The normalized spacial score (nSPS) is 17.1. The summed E-state index contributed by atoms with van der Waals surface area (Å²) in [5, 5.41) is 21.8. The van der Waals surface area contributed by atoms with Crippen LogP contribution in [0.5, 0.6) is 0 Å². The number of nitrogens with one attached hydrogen (secondary N) is 1. The molecule has 1 aliphatic heterocycles. The molecular weight excluding hydrogens is 562 g/mol. The summed E-state index contributed by atoms with van der Waals surface area (Å²) in [6.45, 7) is 11.1. The van der Waals surface area contributed by atoms with Gasteiger partial charge in [-0.3, -0.25) is 4.79 Å². The summed E-state index contributed by atoms with van der Waals surface area (Å²) < 4.78 is 11.5. The molecule has 12 heteroatoms.